The van der Waals surface area contributed by atoms with Crippen molar-refractivity contribution >= 4 is 70.5 Å². The first-order valence-electron chi connectivity index (χ1n) is 17.3. The molecule has 0 aliphatic carbocycles. The smallest absolute Gasteiger partial charge is 0.143 e. The van der Waals surface area contributed by atoms with Crippen LogP contribution in [0.15, 0.2) is 192 Å². The maximum atomic E-state index is 6.62. The minimum Gasteiger partial charge on any atom is -0.455 e. The van der Waals surface area contributed by atoms with Crippen LogP contribution in [0.5, 0.6) is 0 Å². The molecule has 0 N–H and O–H groups in total. The molecule has 0 saturated carbocycles. The van der Waals surface area contributed by atoms with Crippen molar-refractivity contribution in [3.8, 4) is 33.4 Å². The van der Waals surface area contributed by atoms with E-state index in [2.05, 4.69) is 187 Å². The minimum atomic E-state index is 0.897. The SMILES string of the molecule is c1ccc(-c2ccc(N(c3ccc4c(c3)sc3ccccc34)c3cccc(-c4cccc5c4oc4ccccc45)c3-c3ccccc3)cc2)cc1. The number of hydrogen-bond acceptors (Lipinski definition) is 3. The molecule has 240 valence electrons. The van der Waals surface area contributed by atoms with E-state index < -0.39 is 0 Å². The largest absolute Gasteiger partial charge is 0.455 e. The molecule has 0 amide bonds. The second kappa shape index (κ2) is 12.2. The highest BCUT2D eigenvalue weighted by Gasteiger charge is 2.23. The number of anilines is 3. The molecule has 0 bridgehead atoms. The Bertz CT molecular complexity index is 2850. The van der Waals surface area contributed by atoms with Gasteiger partial charge in [-0.2, -0.15) is 0 Å². The Morgan fingerprint density at radius 1 is 0.392 bits per heavy atom. The van der Waals surface area contributed by atoms with Crippen LogP contribution in [-0.2, 0) is 0 Å². The van der Waals surface area contributed by atoms with Crippen molar-refractivity contribution < 1.29 is 4.42 Å². The summed E-state index contributed by atoms with van der Waals surface area (Å²) >= 11 is 1.85. The normalized spacial score (nSPS) is 11.5. The Balaban J connectivity index is 1.24. The van der Waals surface area contributed by atoms with Crippen molar-refractivity contribution in [2.75, 3.05) is 4.90 Å². The Morgan fingerprint density at radius 2 is 1.00 bits per heavy atom. The number of rotatable bonds is 6. The molecule has 0 fully saturated rings. The number of para-hydroxylation sites is 2. The molecule has 8 aromatic carbocycles. The molecule has 0 spiro atoms. The lowest BCUT2D eigenvalue weighted by molar-refractivity contribution is 0.670. The minimum absolute atomic E-state index is 0.897. The molecular weight excluding hydrogens is 639 g/mol. The predicted molar refractivity (Wildman–Crippen MR) is 218 cm³/mol. The summed E-state index contributed by atoms with van der Waals surface area (Å²) in [7, 11) is 0. The molecule has 0 atom stereocenters. The Morgan fingerprint density at radius 3 is 1.82 bits per heavy atom. The van der Waals surface area contributed by atoms with Crippen LogP contribution in [0.3, 0.4) is 0 Å². The molecule has 2 heterocycles. The molecule has 2 nitrogen and oxygen atoms in total. The summed E-state index contributed by atoms with van der Waals surface area (Å²) in [5, 5.41) is 4.83. The van der Waals surface area contributed by atoms with Crippen molar-refractivity contribution in [2.24, 2.45) is 0 Å². The van der Waals surface area contributed by atoms with Gasteiger partial charge in [-0.25, -0.2) is 0 Å². The van der Waals surface area contributed by atoms with E-state index >= 15 is 0 Å². The van der Waals surface area contributed by atoms with Gasteiger partial charge in [0.1, 0.15) is 11.2 Å². The molecule has 0 aliphatic heterocycles. The van der Waals surface area contributed by atoms with Gasteiger partial charge >= 0.3 is 0 Å². The molecule has 0 unspecified atom stereocenters. The van der Waals surface area contributed by atoms with Gasteiger partial charge in [-0.05, 0) is 64.7 Å². The lowest BCUT2D eigenvalue weighted by Gasteiger charge is -2.29. The summed E-state index contributed by atoms with van der Waals surface area (Å²) in [5.41, 5.74) is 12.0. The van der Waals surface area contributed by atoms with Crippen LogP contribution in [0.2, 0.25) is 0 Å². The monoisotopic (exact) mass is 669 g/mol. The van der Waals surface area contributed by atoms with Crippen molar-refractivity contribution in [3.05, 3.63) is 188 Å². The third-order valence-electron chi connectivity index (χ3n) is 9.89. The van der Waals surface area contributed by atoms with Crippen molar-refractivity contribution in [1.29, 1.82) is 0 Å². The zero-order valence-corrected chi connectivity index (χ0v) is 28.5. The second-order valence-corrected chi connectivity index (χ2v) is 14.0. The fraction of sp³-hybridized carbons (Fsp3) is 0. The highest BCUT2D eigenvalue weighted by molar-refractivity contribution is 7.25. The van der Waals surface area contributed by atoms with Gasteiger partial charge in [0.25, 0.3) is 0 Å². The maximum absolute atomic E-state index is 6.62. The van der Waals surface area contributed by atoms with Gasteiger partial charge in [0.2, 0.25) is 0 Å². The summed E-state index contributed by atoms with van der Waals surface area (Å²) in [6, 6.07) is 67.4. The number of fused-ring (bicyclic) bond motifs is 6. The second-order valence-electron chi connectivity index (χ2n) is 12.9. The van der Waals surface area contributed by atoms with Gasteiger partial charge in [0, 0.05) is 53.4 Å². The van der Waals surface area contributed by atoms with Gasteiger partial charge in [-0.15, -0.1) is 11.3 Å². The predicted octanol–water partition coefficient (Wildman–Crippen LogP) is 14.4. The van der Waals surface area contributed by atoms with Gasteiger partial charge in [0.15, 0.2) is 0 Å². The van der Waals surface area contributed by atoms with Crippen molar-refractivity contribution in [1.82, 2.24) is 0 Å². The van der Waals surface area contributed by atoms with Crippen molar-refractivity contribution in [3.63, 3.8) is 0 Å². The topological polar surface area (TPSA) is 16.4 Å². The Kier molecular flexibility index (Phi) is 7.04. The van der Waals surface area contributed by atoms with E-state index in [4.69, 9.17) is 4.42 Å². The first-order valence-corrected chi connectivity index (χ1v) is 18.1. The highest BCUT2D eigenvalue weighted by atomic mass is 32.1. The zero-order valence-electron chi connectivity index (χ0n) is 27.7. The average Bonchev–Trinajstić information content (AvgIpc) is 3.77. The number of benzene rings is 8. The summed E-state index contributed by atoms with van der Waals surface area (Å²) < 4.78 is 9.19. The number of thiophene rings is 1. The molecule has 10 rings (SSSR count). The van der Waals surface area contributed by atoms with Crippen LogP contribution in [0, 0.1) is 0 Å². The van der Waals surface area contributed by atoms with Gasteiger partial charge in [0.05, 0.1) is 5.69 Å². The number of furan rings is 1. The Labute approximate surface area is 300 Å². The van der Waals surface area contributed by atoms with Crippen molar-refractivity contribution in [2.45, 2.75) is 0 Å². The molecule has 51 heavy (non-hydrogen) atoms. The van der Waals surface area contributed by atoms with E-state index in [1.54, 1.807) is 0 Å². The molecule has 10 aromatic rings. The number of nitrogens with zero attached hydrogens (tertiary/aromatic N) is 1. The van der Waals surface area contributed by atoms with E-state index in [9.17, 15) is 0 Å². The average molecular weight is 670 g/mol. The van der Waals surface area contributed by atoms with E-state index in [1.165, 1.54) is 31.3 Å². The molecular formula is C48H31NOS. The summed E-state index contributed by atoms with van der Waals surface area (Å²) in [4.78, 5) is 2.42. The lowest BCUT2D eigenvalue weighted by atomic mass is 9.91. The molecule has 3 heteroatoms. The third-order valence-corrected chi connectivity index (χ3v) is 11.0. The molecule has 0 radical (unpaired) electrons. The van der Waals surface area contributed by atoms with Crippen LogP contribution in [0.1, 0.15) is 0 Å². The van der Waals surface area contributed by atoms with Gasteiger partial charge < -0.3 is 9.32 Å². The van der Waals surface area contributed by atoms with Crippen LogP contribution in [0.4, 0.5) is 17.1 Å². The van der Waals surface area contributed by atoms with E-state index in [0.717, 1.165) is 61.3 Å². The molecule has 0 aliphatic rings. The molecule has 0 saturated heterocycles. The molecule has 2 aromatic heterocycles. The quantitative estimate of drug-likeness (QED) is 0.175. The first-order chi connectivity index (χ1) is 25.3. The van der Waals surface area contributed by atoms with Crippen LogP contribution in [-0.4, -0.2) is 0 Å². The lowest BCUT2D eigenvalue weighted by Crippen LogP contribution is -2.11. The van der Waals surface area contributed by atoms with E-state index in [-0.39, 0.29) is 0 Å². The summed E-state index contributed by atoms with van der Waals surface area (Å²) in [6.07, 6.45) is 0. The van der Waals surface area contributed by atoms with Crippen LogP contribution < -0.4 is 4.90 Å². The fourth-order valence-corrected chi connectivity index (χ4v) is 8.67. The highest BCUT2D eigenvalue weighted by Crippen LogP contribution is 2.48. The van der Waals surface area contributed by atoms with E-state index in [0.29, 0.717) is 0 Å². The maximum Gasteiger partial charge on any atom is 0.143 e. The standard InChI is InChI=1S/C48H31NOS/c1-3-13-32(14-4-1)33-25-27-35(28-26-33)49(36-29-30-39-38-18-8-10-24-45(38)51-46(39)31-36)43-22-12-19-40(47(43)34-15-5-2-6-16-34)42-21-11-20-41-37-17-7-9-23-44(37)50-48(41)42/h1-31H. The van der Waals surface area contributed by atoms with Crippen LogP contribution >= 0.6 is 11.3 Å². The third kappa shape index (κ3) is 5.01. The summed E-state index contributed by atoms with van der Waals surface area (Å²) in [6.45, 7) is 0. The number of hydrogen-bond donors (Lipinski definition) is 0. The first kappa shape index (κ1) is 29.5. The Hall–Kier alpha value is -6.42. The fourth-order valence-electron chi connectivity index (χ4n) is 7.53. The van der Waals surface area contributed by atoms with Gasteiger partial charge in [-0.1, -0.05) is 146 Å². The van der Waals surface area contributed by atoms with Crippen LogP contribution in [0.25, 0.3) is 75.5 Å². The van der Waals surface area contributed by atoms with Gasteiger partial charge in [-0.3, -0.25) is 0 Å². The van der Waals surface area contributed by atoms with E-state index in [1.807, 2.05) is 17.4 Å². The zero-order chi connectivity index (χ0) is 33.7. The summed E-state index contributed by atoms with van der Waals surface area (Å²) in [5.74, 6) is 0.